The number of carboxylic acid groups (broad SMARTS) is 1. The zero-order valence-corrected chi connectivity index (χ0v) is 17.7. The minimum absolute atomic E-state index is 0.0586. The first kappa shape index (κ1) is 24.2. The normalized spacial score (nSPS) is 12.8. The Morgan fingerprint density at radius 3 is 2.48 bits per heavy atom. The lowest BCUT2D eigenvalue weighted by molar-refractivity contribution is -0.153. The standard InChI is InChI=1S/C23H21F4NO5/c1-12(2)33-19(22(30)31)9-13-7-14-5-6-32-20(14)15(8-13)11-28-21(29)17-4-3-16(10-18(17)24)23(25,26)27/h3-8,10,12,19H,9,11H2,1-2H3,(H,28,29)(H,30,31). The molecule has 1 unspecified atom stereocenters. The Labute approximate surface area is 186 Å². The van der Waals surface area contributed by atoms with Crippen molar-refractivity contribution in [3.05, 3.63) is 70.7 Å². The van der Waals surface area contributed by atoms with Crippen LogP contribution in [0.1, 0.15) is 40.9 Å². The highest BCUT2D eigenvalue weighted by atomic mass is 19.4. The third-order valence-electron chi connectivity index (χ3n) is 4.80. The van der Waals surface area contributed by atoms with E-state index in [2.05, 4.69) is 5.32 Å². The van der Waals surface area contributed by atoms with E-state index in [1.807, 2.05) is 0 Å². The molecule has 6 nitrogen and oxygen atoms in total. The fraction of sp³-hybridized carbons (Fsp3) is 0.304. The molecular formula is C23H21F4NO5. The zero-order chi connectivity index (χ0) is 24.3. The topological polar surface area (TPSA) is 88.8 Å². The molecule has 2 N–H and O–H groups in total. The second-order valence-corrected chi connectivity index (χ2v) is 7.68. The van der Waals surface area contributed by atoms with Crippen LogP contribution in [0.5, 0.6) is 0 Å². The molecule has 0 radical (unpaired) electrons. The van der Waals surface area contributed by atoms with E-state index in [4.69, 9.17) is 9.15 Å². The van der Waals surface area contributed by atoms with Crippen LogP contribution in [0.25, 0.3) is 11.0 Å². The number of carbonyl (C=O) groups is 2. The van der Waals surface area contributed by atoms with Gasteiger partial charge in [0.1, 0.15) is 11.4 Å². The SMILES string of the molecule is CC(C)OC(Cc1cc(CNC(=O)c2ccc(C(F)(F)F)cc2F)c2occc2c1)C(=O)O. The molecule has 0 fully saturated rings. The van der Waals surface area contributed by atoms with Crippen LogP contribution in [0.15, 0.2) is 47.1 Å². The molecule has 2 aromatic carbocycles. The maximum atomic E-state index is 14.1. The third-order valence-corrected chi connectivity index (χ3v) is 4.80. The second kappa shape index (κ2) is 9.62. The van der Waals surface area contributed by atoms with E-state index in [0.717, 1.165) is 6.07 Å². The highest BCUT2D eigenvalue weighted by Crippen LogP contribution is 2.30. The molecule has 33 heavy (non-hydrogen) atoms. The number of fused-ring (bicyclic) bond motifs is 1. The van der Waals surface area contributed by atoms with Crippen LogP contribution < -0.4 is 5.32 Å². The Balaban J connectivity index is 1.81. The molecule has 176 valence electrons. The summed E-state index contributed by atoms with van der Waals surface area (Å²) < 4.78 is 63.1. The van der Waals surface area contributed by atoms with Crippen molar-refractivity contribution in [3.8, 4) is 0 Å². The van der Waals surface area contributed by atoms with Gasteiger partial charge in [-0.05, 0) is 49.7 Å². The fourth-order valence-corrected chi connectivity index (χ4v) is 3.36. The molecule has 0 spiro atoms. The Kier molecular flexibility index (Phi) is 7.06. The number of carbonyl (C=O) groups excluding carboxylic acids is 1. The van der Waals surface area contributed by atoms with Crippen molar-refractivity contribution < 1.29 is 41.4 Å². The van der Waals surface area contributed by atoms with Gasteiger partial charge >= 0.3 is 12.1 Å². The van der Waals surface area contributed by atoms with Crippen LogP contribution in [-0.4, -0.2) is 29.2 Å². The number of rotatable bonds is 8. The number of aliphatic carboxylic acids is 1. The van der Waals surface area contributed by atoms with E-state index in [9.17, 15) is 32.3 Å². The summed E-state index contributed by atoms with van der Waals surface area (Å²) in [5.74, 6) is -3.32. The van der Waals surface area contributed by atoms with Crippen molar-refractivity contribution in [2.45, 2.75) is 45.2 Å². The molecule has 0 aliphatic carbocycles. The number of halogens is 4. The average Bonchev–Trinajstić information content (AvgIpc) is 3.19. The predicted octanol–water partition coefficient (Wildman–Crippen LogP) is 4.94. The smallest absolute Gasteiger partial charge is 0.416 e. The lowest BCUT2D eigenvalue weighted by atomic mass is 10.0. The van der Waals surface area contributed by atoms with Crippen LogP contribution in [-0.2, 0) is 28.7 Å². The summed E-state index contributed by atoms with van der Waals surface area (Å²) in [5, 5.41) is 12.5. The zero-order valence-electron chi connectivity index (χ0n) is 17.7. The van der Waals surface area contributed by atoms with Crippen LogP contribution in [0.2, 0.25) is 0 Å². The van der Waals surface area contributed by atoms with Crippen molar-refractivity contribution in [2.24, 2.45) is 0 Å². The van der Waals surface area contributed by atoms with E-state index in [0.29, 0.717) is 28.2 Å². The average molecular weight is 467 g/mol. The second-order valence-electron chi connectivity index (χ2n) is 7.68. The van der Waals surface area contributed by atoms with E-state index in [1.165, 1.54) is 6.26 Å². The monoisotopic (exact) mass is 467 g/mol. The first-order valence-corrected chi connectivity index (χ1v) is 9.98. The van der Waals surface area contributed by atoms with Crippen molar-refractivity contribution in [1.29, 1.82) is 0 Å². The maximum Gasteiger partial charge on any atom is 0.416 e. The molecule has 1 heterocycles. The number of amides is 1. The van der Waals surface area contributed by atoms with Gasteiger partial charge in [-0.15, -0.1) is 0 Å². The molecule has 0 aliphatic heterocycles. The van der Waals surface area contributed by atoms with Gasteiger partial charge in [-0.1, -0.05) is 6.07 Å². The Morgan fingerprint density at radius 2 is 1.88 bits per heavy atom. The van der Waals surface area contributed by atoms with E-state index < -0.39 is 41.1 Å². The van der Waals surface area contributed by atoms with Crippen molar-refractivity contribution in [1.82, 2.24) is 5.32 Å². The maximum absolute atomic E-state index is 14.1. The van der Waals surface area contributed by atoms with E-state index in [1.54, 1.807) is 32.0 Å². The van der Waals surface area contributed by atoms with Crippen LogP contribution in [0.3, 0.4) is 0 Å². The van der Waals surface area contributed by atoms with Gasteiger partial charge in [-0.2, -0.15) is 13.2 Å². The predicted molar refractivity (Wildman–Crippen MR) is 110 cm³/mol. The first-order valence-electron chi connectivity index (χ1n) is 9.98. The molecule has 3 rings (SSSR count). The Morgan fingerprint density at radius 1 is 1.15 bits per heavy atom. The molecule has 0 bridgehead atoms. The van der Waals surface area contributed by atoms with Gasteiger partial charge < -0.3 is 19.6 Å². The summed E-state index contributed by atoms with van der Waals surface area (Å²) >= 11 is 0. The van der Waals surface area contributed by atoms with Crippen LogP contribution in [0.4, 0.5) is 17.6 Å². The molecule has 1 atom stereocenters. The van der Waals surface area contributed by atoms with Gasteiger partial charge in [0.2, 0.25) is 0 Å². The summed E-state index contributed by atoms with van der Waals surface area (Å²) in [7, 11) is 0. The first-order chi connectivity index (χ1) is 15.5. The number of carboxylic acids is 1. The number of nitrogens with one attached hydrogen (secondary N) is 1. The Hall–Kier alpha value is -3.40. The van der Waals surface area contributed by atoms with E-state index in [-0.39, 0.29) is 25.1 Å². The van der Waals surface area contributed by atoms with Gasteiger partial charge in [-0.3, -0.25) is 4.79 Å². The minimum Gasteiger partial charge on any atom is -0.479 e. The van der Waals surface area contributed by atoms with Crippen LogP contribution in [0, 0.1) is 5.82 Å². The highest BCUT2D eigenvalue weighted by molar-refractivity contribution is 5.94. The van der Waals surface area contributed by atoms with E-state index >= 15 is 0 Å². The van der Waals surface area contributed by atoms with Gasteiger partial charge in [-0.25, -0.2) is 9.18 Å². The fourth-order valence-electron chi connectivity index (χ4n) is 3.36. The quantitative estimate of drug-likeness (QED) is 0.458. The minimum atomic E-state index is -4.73. The molecule has 0 saturated carbocycles. The van der Waals surface area contributed by atoms with Crippen molar-refractivity contribution in [3.63, 3.8) is 0 Å². The third kappa shape index (κ3) is 5.89. The summed E-state index contributed by atoms with van der Waals surface area (Å²) in [6, 6.07) is 6.70. The summed E-state index contributed by atoms with van der Waals surface area (Å²) in [6.07, 6.45) is -4.63. The van der Waals surface area contributed by atoms with Gasteiger partial charge in [0.05, 0.1) is 23.5 Å². The molecule has 0 aliphatic rings. The number of alkyl halides is 3. The summed E-state index contributed by atoms with van der Waals surface area (Å²) in [5.41, 5.74) is -0.198. The number of ether oxygens (including phenoxy) is 1. The van der Waals surface area contributed by atoms with Crippen LogP contribution >= 0.6 is 0 Å². The lowest BCUT2D eigenvalue weighted by Gasteiger charge is -2.17. The highest BCUT2D eigenvalue weighted by Gasteiger charge is 2.31. The number of hydrogen-bond acceptors (Lipinski definition) is 4. The molecule has 3 aromatic rings. The van der Waals surface area contributed by atoms with Gasteiger partial charge in [0.15, 0.2) is 6.10 Å². The summed E-state index contributed by atoms with van der Waals surface area (Å²) in [6.45, 7) is 3.31. The van der Waals surface area contributed by atoms with Gasteiger partial charge in [0, 0.05) is 23.9 Å². The molecule has 0 saturated heterocycles. The van der Waals surface area contributed by atoms with Crippen molar-refractivity contribution in [2.75, 3.05) is 0 Å². The number of furan rings is 1. The largest absolute Gasteiger partial charge is 0.479 e. The van der Waals surface area contributed by atoms with Crippen molar-refractivity contribution >= 4 is 22.8 Å². The van der Waals surface area contributed by atoms with Gasteiger partial charge in [0.25, 0.3) is 5.91 Å². The lowest BCUT2D eigenvalue weighted by Crippen LogP contribution is -2.29. The Bertz CT molecular complexity index is 1170. The number of hydrogen-bond donors (Lipinski definition) is 2. The summed E-state index contributed by atoms with van der Waals surface area (Å²) in [4.78, 5) is 23.9. The molecular weight excluding hydrogens is 446 g/mol. The number of benzene rings is 2. The molecule has 1 amide bonds. The molecule has 10 heteroatoms. The molecule has 1 aromatic heterocycles.